The summed E-state index contributed by atoms with van der Waals surface area (Å²) in [6, 6.07) is 9.29. The van der Waals surface area contributed by atoms with Crippen LogP contribution in [0.15, 0.2) is 39.5 Å². The number of hydrogen-bond donors (Lipinski definition) is 0. The number of fused-ring (bicyclic) bond motifs is 1. The first kappa shape index (κ1) is 10.3. The van der Waals surface area contributed by atoms with Gasteiger partial charge in [-0.05, 0) is 17.0 Å². The van der Waals surface area contributed by atoms with Crippen molar-refractivity contribution in [3.8, 4) is 0 Å². The summed E-state index contributed by atoms with van der Waals surface area (Å²) in [7, 11) is 0.289. The molecule has 0 aliphatic rings. The molecule has 0 aliphatic heterocycles. The van der Waals surface area contributed by atoms with Gasteiger partial charge in [0, 0.05) is 17.0 Å². The van der Waals surface area contributed by atoms with Crippen LogP contribution in [0, 0.1) is 0 Å². The van der Waals surface area contributed by atoms with Gasteiger partial charge < -0.3 is 4.42 Å². The van der Waals surface area contributed by atoms with E-state index in [1.807, 2.05) is 24.3 Å². The Bertz CT molecular complexity index is 528. The van der Waals surface area contributed by atoms with Crippen molar-refractivity contribution >= 4 is 21.9 Å². The topological polar surface area (TPSA) is 30.2 Å². The molecule has 0 amide bonds. The van der Waals surface area contributed by atoms with Crippen LogP contribution in [0.3, 0.4) is 0 Å². The fourth-order valence-corrected chi connectivity index (χ4v) is 2.47. The first-order valence-corrected chi connectivity index (χ1v) is 6.94. The molecule has 0 radical (unpaired) electrons. The van der Waals surface area contributed by atoms with Gasteiger partial charge in [0.05, 0.1) is 12.5 Å². The Morgan fingerprint density at radius 3 is 2.73 bits per heavy atom. The Balaban J connectivity index is 2.66. The summed E-state index contributed by atoms with van der Waals surface area (Å²) >= 11 is 0. The molecule has 0 atom stereocenters. The number of rotatable bonds is 2. The zero-order valence-electron chi connectivity index (χ0n) is 8.82. The smallest absolute Gasteiger partial charge is 0.336 e. The molecule has 2 nitrogen and oxygen atoms in total. The summed E-state index contributed by atoms with van der Waals surface area (Å²) in [6.07, 6.45) is 4.34. The molecule has 0 saturated carbocycles. The van der Waals surface area contributed by atoms with Crippen molar-refractivity contribution in [3.05, 3.63) is 46.3 Å². The van der Waals surface area contributed by atoms with Gasteiger partial charge in [-0.3, -0.25) is 0 Å². The summed E-state index contributed by atoms with van der Waals surface area (Å²) < 4.78 is 5.13. The summed E-state index contributed by atoms with van der Waals surface area (Å²) in [5.41, 5.74) is 1.52. The maximum atomic E-state index is 11.3. The second kappa shape index (κ2) is 4.11. The van der Waals surface area contributed by atoms with Crippen molar-refractivity contribution in [2.45, 2.75) is 5.75 Å². The fraction of sp³-hybridized carbons (Fsp3) is 0.250. The van der Waals surface area contributed by atoms with Gasteiger partial charge in [0.15, 0.2) is 0 Å². The van der Waals surface area contributed by atoms with Crippen molar-refractivity contribution in [1.29, 1.82) is 0 Å². The largest absolute Gasteiger partial charge is 0.423 e. The van der Waals surface area contributed by atoms with Gasteiger partial charge in [-0.15, -0.1) is 0 Å². The molecule has 1 aromatic carbocycles. The number of hydrogen-bond acceptors (Lipinski definition) is 2. The van der Waals surface area contributed by atoms with Crippen LogP contribution in [0.5, 0.6) is 0 Å². The number of para-hydroxylation sites is 1. The normalized spacial score (nSPS) is 11.1. The average Bonchev–Trinajstić information content (AvgIpc) is 2.16. The Kier molecular flexibility index (Phi) is 2.82. The highest BCUT2D eigenvalue weighted by molar-refractivity contribution is 7.94. The molecule has 15 heavy (non-hydrogen) atoms. The Hall–Kier alpha value is -1.22. The predicted molar refractivity (Wildman–Crippen MR) is 65.4 cm³/mol. The summed E-state index contributed by atoms with van der Waals surface area (Å²) in [4.78, 5) is 11.3. The molecule has 78 valence electrons. The Morgan fingerprint density at radius 2 is 2.00 bits per heavy atom. The molecule has 0 fully saturated rings. The lowest BCUT2D eigenvalue weighted by molar-refractivity contribution is 0.559. The van der Waals surface area contributed by atoms with E-state index in [0.717, 1.165) is 16.7 Å². The lowest BCUT2D eigenvalue weighted by Crippen LogP contribution is -2.05. The zero-order chi connectivity index (χ0) is 10.8. The monoisotopic (exact) mass is 221 g/mol. The van der Waals surface area contributed by atoms with Crippen LogP contribution in [0.25, 0.3) is 11.0 Å². The quantitative estimate of drug-likeness (QED) is 0.574. The van der Waals surface area contributed by atoms with Gasteiger partial charge in [-0.2, -0.15) is 0 Å². The van der Waals surface area contributed by atoms with Crippen LogP contribution in [0.4, 0.5) is 0 Å². The summed E-state index contributed by atoms with van der Waals surface area (Å²) in [5, 5.41) is 1.05. The van der Waals surface area contributed by atoms with Crippen LogP contribution in [-0.4, -0.2) is 12.5 Å². The minimum atomic E-state index is -0.255. The van der Waals surface area contributed by atoms with E-state index in [0.29, 0.717) is 5.58 Å². The number of benzene rings is 1. The van der Waals surface area contributed by atoms with Crippen LogP contribution in [0.2, 0.25) is 0 Å². The molecule has 1 aromatic heterocycles. The fourth-order valence-electron chi connectivity index (χ4n) is 1.61. The molecule has 0 bridgehead atoms. The third-order valence-corrected chi connectivity index (χ3v) is 3.07. The van der Waals surface area contributed by atoms with Crippen molar-refractivity contribution in [2.75, 3.05) is 12.5 Å². The molecule has 0 spiro atoms. The molecule has 1 heterocycles. The zero-order valence-corrected chi connectivity index (χ0v) is 9.64. The lowest BCUT2D eigenvalue weighted by Gasteiger charge is -2.02. The van der Waals surface area contributed by atoms with Gasteiger partial charge in [0.1, 0.15) is 11.3 Å². The van der Waals surface area contributed by atoms with Gasteiger partial charge in [-0.25, -0.2) is 4.79 Å². The predicted octanol–water partition coefficient (Wildman–Crippen LogP) is 2.17. The highest BCUT2D eigenvalue weighted by atomic mass is 32.2. The van der Waals surface area contributed by atoms with Gasteiger partial charge >= 0.3 is 5.63 Å². The van der Waals surface area contributed by atoms with Crippen molar-refractivity contribution in [2.24, 2.45) is 0 Å². The first-order valence-electron chi connectivity index (χ1n) is 4.73. The second-order valence-corrected chi connectivity index (χ2v) is 5.98. The van der Waals surface area contributed by atoms with Crippen molar-refractivity contribution in [1.82, 2.24) is 0 Å². The molecule has 3 heteroatoms. The van der Waals surface area contributed by atoms with Gasteiger partial charge in [0.25, 0.3) is 0 Å². The van der Waals surface area contributed by atoms with E-state index in [1.165, 1.54) is 0 Å². The summed E-state index contributed by atoms with van der Waals surface area (Å²) in [5.74, 6) is 0.937. The van der Waals surface area contributed by atoms with Gasteiger partial charge in [-0.1, -0.05) is 18.2 Å². The molecular weight excluding hydrogens is 208 g/mol. The maximum absolute atomic E-state index is 11.3. The molecule has 2 aromatic rings. The molecule has 2 rings (SSSR count). The molecule has 0 N–H and O–H groups in total. The molecule has 0 unspecified atom stereocenters. The van der Waals surface area contributed by atoms with E-state index in [1.54, 1.807) is 6.07 Å². The van der Waals surface area contributed by atoms with Crippen LogP contribution in [0.1, 0.15) is 5.56 Å². The van der Waals surface area contributed by atoms with E-state index >= 15 is 0 Å². The minimum absolute atomic E-state index is 0.255. The highest BCUT2D eigenvalue weighted by Gasteiger charge is 2.10. The average molecular weight is 221 g/mol. The van der Waals surface area contributed by atoms with E-state index in [9.17, 15) is 4.79 Å². The standard InChI is InChI=1S/C12H13O2S/c1-15(2)8-9-7-12(13)14-11-6-4-3-5-10(9)11/h3-7H,8H2,1-2H3/q+1. The highest BCUT2D eigenvalue weighted by Crippen LogP contribution is 2.18. The van der Waals surface area contributed by atoms with Crippen molar-refractivity contribution < 1.29 is 4.42 Å². The van der Waals surface area contributed by atoms with E-state index in [-0.39, 0.29) is 16.5 Å². The third-order valence-electron chi connectivity index (χ3n) is 2.18. The Morgan fingerprint density at radius 1 is 1.27 bits per heavy atom. The minimum Gasteiger partial charge on any atom is -0.423 e. The second-order valence-electron chi connectivity index (χ2n) is 3.72. The van der Waals surface area contributed by atoms with Crippen molar-refractivity contribution in [3.63, 3.8) is 0 Å². The summed E-state index contributed by atoms with van der Waals surface area (Å²) in [6.45, 7) is 0. The van der Waals surface area contributed by atoms with Crippen LogP contribution in [-0.2, 0) is 16.6 Å². The first-order chi connectivity index (χ1) is 7.16. The third kappa shape index (κ3) is 2.23. The molecule has 0 aliphatic carbocycles. The molecular formula is C12H13O2S+. The van der Waals surface area contributed by atoms with Crippen LogP contribution >= 0.6 is 0 Å². The van der Waals surface area contributed by atoms with Crippen LogP contribution < -0.4 is 5.63 Å². The van der Waals surface area contributed by atoms with E-state index < -0.39 is 0 Å². The maximum Gasteiger partial charge on any atom is 0.336 e. The Labute approximate surface area is 91.3 Å². The van der Waals surface area contributed by atoms with Gasteiger partial charge in [0.2, 0.25) is 0 Å². The molecule has 0 saturated heterocycles. The van der Waals surface area contributed by atoms with E-state index in [4.69, 9.17) is 4.42 Å². The van der Waals surface area contributed by atoms with E-state index in [2.05, 4.69) is 12.5 Å². The lowest BCUT2D eigenvalue weighted by atomic mass is 10.1. The SMILES string of the molecule is C[S+](C)Cc1cc(=O)oc2ccccc12.